The molecule has 10 atom stereocenters. The van der Waals surface area contributed by atoms with Gasteiger partial charge in [-0.15, -0.1) is 0 Å². The Morgan fingerprint density at radius 1 is 1.29 bits per heavy atom. The van der Waals surface area contributed by atoms with Gasteiger partial charge in [-0.05, 0) is 25.8 Å². The predicted octanol–water partition coefficient (Wildman–Crippen LogP) is 0.363. The van der Waals surface area contributed by atoms with Crippen molar-refractivity contribution in [1.82, 2.24) is 0 Å². The van der Waals surface area contributed by atoms with Crippen LogP contribution in [0.25, 0.3) is 0 Å². The van der Waals surface area contributed by atoms with E-state index in [0.717, 1.165) is 5.57 Å². The molecule has 0 aromatic heterocycles. The Hall–Kier alpha value is -1.93. The van der Waals surface area contributed by atoms with Crippen LogP contribution in [0.4, 0.5) is 0 Å². The van der Waals surface area contributed by atoms with E-state index < -0.39 is 53.1 Å². The number of aliphatic hydroxyl groups is 1. The van der Waals surface area contributed by atoms with Gasteiger partial charge in [-0.2, -0.15) is 0 Å². The first-order valence-corrected chi connectivity index (χ1v) is 9.70. The molecule has 0 aromatic carbocycles. The van der Waals surface area contributed by atoms with Crippen LogP contribution in [-0.4, -0.2) is 60.6 Å². The smallest absolute Gasteiger partial charge is 0.331 e. The molecule has 8 nitrogen and oxygen atoms in total. The lowest BCUT2D eigenvalue weighted by Crippen LogP contribution is -2.63. The van der Waals surface area contributed by atoms with Crippen LogP contribution in [0, 0.1) is 28.6 Å². The molecule has 5 rings (SSSR count). The Morgan fingerprint density at radius 3 is 2.68 bits per heavy atom. The maximum atomic E-state index is 12.8. The molecule has 0 radical (unpaired) electrons. The normalized spacial score (nSPS) is 51.6. The highest BCUT2D eigenvalue weighted by molar-refractivity contribution is 5.87. The summed E-state index contributed by atoms with van der Waals surface area (Å²) in [5.74, 6) is -2.69. The maximum Gasteiger partial charge on any atom is 0.331 e. The molecule has 28 heavy (non-hydrogen) atoms. The van der Waals surface area contributed by atoms with Gasteiger partial charge in [-0.25, -0.2) is 4.79 Å². The highest BCUT2D eigenvalue weighted by Gasteiger charge is 2.80. The van der Waals surface area contributed by atoms with E-state index in [-0.39, 0.29) is 23.9 Å². The molecule has 2 aliphatic carbocycles. The Morgan fingerprint density at radius 2 is 2.00 bits per heavy atom. The SMILES string of the molecule is COC(=O)C(C)C1OC(=O)C=C2C1CC1OC(=O)C3(C)C4OC4C(O)C2(C)C13. The van der Waals surface area contributed by atoms with E-state index in [1.54, 1.807) is 6.92 Å². The number of methoxy groups -OCH3 is 1. The van der Waals surface area contributed by atoms with Crippen LogP contribution in [0.1, 0.15) is 27.2 Å². The number of ether oxygens (including phenoxy) is 4. The standard InChI is InChI=1S/C20H24O8/c1-7(17(23)25-4)12-8-5-10-14-19(2,9(8)6-11(21)27-12)15(22)13-16(28-13)20(14,3)18(24)26-10/h6-8,10,12-16,22H,5H2,1-4H3. The van der Waals surface area contributed by atoms with E-state index in [1.165, 1.54) is 13.2 Å². The van der Waals surface area contributed by atoms with Crippen molar-refractivity contribution in [3.63, 3.8) is 0 Å². The molecule has 2 saturated heterocycles. The summed E-state index contributed by atoms with van der Waals surface area (Å²) < 4.78 is 21.9. The first kappa shape index (κ1) is 18.1. The molecular formula is C20H24O8. The van der Waals surface area contributed by atoms with Gasteiger partial charge in [0.25, 0.3) is 0 Å². The topological polar surface area (TPSA) is 112 Å². The van der Waals surface area contributed by atoms with E-state index in [1.807, 2.05) is 13.8 Å². The number of esters is 3. The van der Waals surface area contributed by atoms with E-state index in [0.29, 0.717) is 6.42 Å². The highest BCUT2D eigenvalue weighted by Crippen LogP contribution is 2.70. The number of fused-ring (bicyclic) bond motifs is 4. The molecule has 3 aliphatic heterocycles. The van der Waals surface area contributed by atoms with Crippen molar-refractivity contribution in [2.75, 3.05) is 7.11 Å². The maximum absolute atomic E-state index is 12.8. The zero-order valence-corrected chi connectivity index (χ0v) is 16.2. The van der Waals surface area contributed by atoms with Crippen LogP contribution in [-0.2, 0) is 33.3 Å². The monoisotopic (exact) mass is 392 g/mol. The zero-order chi connectivity index (χ0) is 20.2. The van der Waals surface area contributed by atoms with Crippen molar-refractivity contribution in [2.45, 2.75) is 57.7 Å². The molecule has 0 spiro atoms. The minimum Gasteiger partial charge on any atom is -0.469 e. The lowest BCUT2D eigenvalue weighted by atomic mass is 9.46. The number of rotatable bonds is 2. The van der Waals surface area contributed by atoms with Crippen molar-refractivity contribution in [2.24, 2.45) is 28.6 Å². The van der Waals surface area contributed by atoms with E-state index in [9.17, 15) is 19.5 Å². The van der Waals surface area contributed by atoms with Gasteiger partial charge in [0.1, 0.15) is 29.8 Å². The summed E-state index contributed by atoms with van der Waals surface area (Å²) in [6.45, 7) is 5.37. The van der Waals surface area contributed by atoms with Crippen LogP contribution in [0.2, 0.25) is 0 Å². The Balaban J connectivity index is 1.64. The quantitative estimate of drug-likeness (QED) is 0.407. The van der Waals surface area contributed by atoms with Gasteiger partial charge in [-0.1, -0.05) is 6.92 Å². The second-order valence-corrected chi connectivity index (χ2v) is 9.11. The summed E-state index contributed by atoms with van der Waals surface area (Å²) in [6, 6.07) is 0. The largest absolute Gasteiger partial charge is 0.469 e. The van der Waals surface area contributed by atoms with Crippen LogP contribution in [0.5, 0.6) is 0 Å². The van der Waals surface area contributed by atoms with Crippen LogP contribution in [0.3, 0.4) is 0 Å². The summed E-state index contributed by atoms with van der Waals surface area (Å²) in [6.07, 6.45) is -1.03. The third kappa shape index (κ3) is 1.90. The van der Waals surface area contributed by atoms with Crippen LogP contribution < -0.4 is 0 Å². The van der Waals surface area contributed by atoms with Gasteiger partial charge in [0.15, 0.2) is 0 Å². The van der Waals surface area contributed by atoms with Crippen LogP contribution >= 0.6 is 0 Å². The fraction of sp³-hybridized carbons (Fsp3) is 0.750. The number of hydrogen-bond acceptors (Lipinski definition) is 8. The summed E-state index contributed by atoms with van der Waals surface area (Å²) >= 11 is 0. The lowest BCUT2D eigenvalue weighted by Gasteiger charge is -2.56. The molecule has 0 aromatic rings. The summed E-state index contributed by atoms with van der Waals surface area (Å²) in [5, 5.41) is 11.2. The Labute approximate surface area is 162 Å². The minimum absolute atomic E-state index is 0.311. The third-order valence-electron chi connectivity index (χ3n) is 7.90. The first-order valence-electron chi connectivity index (χ1n) is 9.70. The first-order chi connectivity index (χ1) is 13.1. The number of aliphatic hydroxyl groups excluding tert-OH is 1. The van der Waals surface area contributed by atoms with Crippen molar-refractivity contribution in [3.05, 3.63) is 11.6 Å². The summed E-state index contributed by atoms with van der Waals surface area (Å²) in [4.78, 5) is 37.4. The molecule has 5 aliphatic rings. The summed E-state index contributed by atoms with van der Waals surface area (Å²) in [5.41, 5.74) is -1.03. The number of hydrogen-bond donors (Lipinski definition) is 1. The number of carbonyl (C=O) groups is 3. The fourth-order valence-corrected chi connectivity index (χ4v) is 6.55. The van der Waals surface area contributed by atoms with Gasteiger partial charge in [0.05, 0.1) is 19.1 Å². The fourth-order valence-electron chi connectivity index (χ4n) is 6.55. The molecule has 10 unspecified atom stereocenters. The second-order valence-electron chi connectivity index (χ2n) is 9.11. The van der Waals surface area contributed by atoms with Gasteiger partial charge in [0, 0.05) is 23.3 Å². The van der Waals surface area contributed by atoms with Crippen molar-refractivity contribution in [3.8, 4) is 0 Å². The molecule has 0 amide bonds. The molecular weight excluding hydrogens is 368 g/mol. The number of epoxide rings is 1. The van der Waals surface area contributed by atoms with E-state index in [2.05, 4.69) is 0 Å². The molecule has 3 heterocycles. The summed E-state index contributed by atoms with van der Waals surface area (Å²) in [7, 11) is 1.29. The molecule has 2 saturated carbocycles. The number of carbonyl (C=O) groups excluding carboxylic acids is 3. The van der Waals surface area contributed by atoms with Gasteiger partial charge in [-0.3, -0.25) is 9.59 Å². The van der Waals surface area contributed by atoms with Gasteiger partial charge >= 0.3 is 17.9 Å². The third-order valence-corrected chi connectivity index (χ3v) is 7.90. The predicted molar refractivity (Wildman–Crippen MR) is 91.5 cm³/mol. The number of cyclic esters (lactones) is 1. The van der Waals surface area contributed by atoms with Crippen molar-refractivity contribution in [1.29, 1.82) is 0 Å². The molecule has 152 valence electrons. The Kier molecular flexibility index (Phi) is 3.47. The van der Waals surface area contributed by atoms with E-state index in [4.69, 9.17) is 18.9 Å². The van der Waals surface area contributed by atoms with E-state index >= 15 is 0 Å². The molecule has 8 heteroatoms. The average molecular weight is 392 g/mol. The molecule has 4 fully saturated rings. The van der Waals surface area contributed by atoms with Gasteiger partial charge in [0.2, 0.25) is 0 Å². The van der Waals surface area contributed by atoms with Crippen molar-refractivity contribution >= 4 is 17.9 Å². The molecule has 1 N–H and O–H groups in total. The van der Waals surface area contributed by atoms with Crippen LogP contribution in [0.15, 0.2) is 11.6 Å². The minimum atomic E-state index is -0.889. The zero-order valence-electron chi connectivity index (χ0n) is 16.2. The van der Waals surface area contributed by atoms with Gasteiger partial charge < -0.3 is 24.1 Å². The van der Waals surface area contributed by atoms with Crippen molar-refractivity contribution < 1.29 is 38.4 Å². The Bertz CT molecular complexity index is 819. The average Bonchev–Trinajstić information content (AvgIpc) is 3.42. The molecule has 0 bridgehead atoms. The highest BCUT2D eigenvalue weighted by atomic mass is 16.6. The second kappa shape index (κ2) is 5.36. The lowest BCUT2D eigenvalue weighted by molar-refractivity contribution is -0.168.